The molecule has 162 valence electrons. The highest BCUT2D eigenvalue weighted by molar-refractivity contribution is 7.89. The van der Waals surface area contributed by atoms with Crippen LogP contribution in [-0.4, -0.2) is 51.4 Å². The van der Waals surface area contributed by atoms with Crippen LogP contribution < -0.4 is 0 Å². The third kappa shape index (κ3) is 4.18. The number of nitro benzene ring substituents is 1. The topological polar surface area (TPSA) is 136 Å². The zero-order valence-corrected chi connectivity index (χ0v) is 17.6. The van der Waals surface area contributed by atoms with E-state index in [1.807, 2.05) is 0 Å². The quantitative estimate of drug-likeness (QED) is 0.320. The predicted octanol–water partition coefficient (Wildman–Crippen LogP) is 2.75. The second kappa shape index (κ2) is 8.66. The van der Waals surface area contributed by atoms with Gasteiger partial charge in [-0.3, -0.25) is 14.9 Å². The maximum atomic E-state index is 12.7. The summed E-state index contributed by atoms with van der Waals surface area (Å²) in [5, 5.41) is 25.5. The molecule has 2 aromatic carbocycles. The summed E-state index contributed by atoms with van der Waals surface area (Å²) in [7, 11) is -3.89. The Kier molecular flexibility index (Phi) is 6.18. The summed E-state index contributed by atoms with van der Waals surface area (Å²) in [6.07, 6.45) is 2.51. The number of carbonyl (C=O) groups is 1. The first kappa shape index (κ1) is 22.1. The molecular weight excluding hydrogens is 424 g/mol. The lowest BCUT2D eigenvalue weighted by molar-refractivity contribution is -0.384. The Balaban J connectivity index is 2.04. The fourth-order valence-electron chi connectivity index (χ4n) is 3.11. The fourth-order valence-corrected chi connectivity index (χ4v) is 4.59. The van der Waals surface area contributed by atoms with Crippen molar-refractivity contribution in [1.82, 2.24) is 14.1 Å². The molecule has 0 amide bonds. The van der Waals surface area contributed by atoms with Gasteiger partial charge in [0.25, 0.3) is 5.69 Å². The van der Waals surface area contributed by atoms with Crippen LogP contribution >= 0.6 is 0 Å². The second-order valence-corrected chi connectivity index (χ2v) is 8.45. The van der Waals surface area contributed by atoms with E-state index in [2.05, 4.69) is 5.10 Å². The number of nitro groups is 1. The van der Waals surface area contributed by atoms with Gasteiger partial charge < -0.3 is 5.11 Å². The molecule has 0 fully saturated rings. The molecule has 31 heavy (non-hydrogen) atoms. The van der Waals surface area contributed by atoms with Gasteiger partial charge in [-0.2, -0.15) is 9.40 Å². The average Bonchev–Trinajstić information content (AvgIpc) is 3.24. The maximum Gasteiger partial charge on any atom is 0.296 e. The van der Waals surface area contributed by atoms with Crippen molar-refractivity contribution in [2.75, 3.05) is 13.1 Å². The van der Waals surface area contributed by atoms with E-state index in [1.165, 1.54) is 41.0 Å². The summed E-state index contributed by atoms with van der Waals surface area (Å²) >= 11 is 0. The van der Waals surface area contributed by atoms with Gasteiger partial charge in [-0.1, -0.05) is 26.0 Å². The number of rotatable bonds is 8. The van der Waals surface area contributed by atoms with Crippen LogP contribution in [0.5, 0.6) is 5.75 Å². The molecule has 0 spiro atoms. The summed E-state index contributed by atoms with van der Waals surface area (Å²) < 4.78 is 27.7. The molecule has 0 radical (unpaired) electrons. The van der Waals surface area contributed by atoms with Crippen molar-refractivity contribution in [2.24, 2.45) is 0 Å². The lowest BCUT2D eigenvalue weighted by atomic mass is 10.1. The van der Waals surface area contributed by atoms with Crippen LogP contribution in [0, 0.1) is 10.1 Å². The van der Waals surface area contributed by atoms with Gasteiger partial charge in [-0.25, -0.2) is 13.1 Å². The second-order valence-electron chi connectivity index (χ2n) is 6.52. The molecule has 1 heterocycles. The third-order valence-electron chi connectivity index (χ3n) is 4.73. The van der Waals surface area contributed by atoms with Crippen molar-refractivity contribution in [2.45, 2.75) is 18.7 Å². The van der Waals surface area contributed by atoms with Gasteiger partial charge >= 0.3 is 0 Å². The number of ketones is 1. The van der Waals surface area contributed by atoms with E-state index in [0.29, 0.717) is 0 Å². The number of aromatic nitrogens is 2. The van der Waals surface area contributed by atoms with Crippen LogP contribution in [-0.2, 0) is 10.0 Å². The molecule has 3 aromatic rings. The number of carbonyl (C=O) groups excluding carboxylic acids is 1. The largest absolute Gasteiger partial charge is 0.507 e. The van der Waals surface area contributed by atoms with Crippen molar-refractivity contribution in [3.8, 4) is 11.4 Å². The first-order valence-corrected chi connectivity index (χ1v) is 10.8. The molecule has 1 aromatic heterocycles. The fraction of sp³-hybridized carbons (Fsp3) is 0.200. The van der Waals surface area contributed by atoms with Crippen LogP contribution in [0.3, 0.4) is 0 Å². The summed E-state index contributed by atoms with van der Waals surface area (Å²) in [5.74, 6) is -0.704. The first-order chi connectivity index (χ1) is 14.7. The molecule has 0 unspecified atom stereocenters. The van der Waals surface area contributed by atoms with E-state index in [4.69, 9.17) is 0 Å². The van der Waals surface area contributed by atoms with Crippen molar-refractivity contribution in [3.63, 3.8) is 0 Å². The molecule has 0 atom stereocenters. The van der Waals surface area contributed by atoms with Crippen LogP contribution in [0.15, 0.2) is 59.8 Å². The number of aromatic hydroxyl groups is 1. The van der Waals surface area contributed by atoms with Crippen molar-refractivity contribution < 1.29 is 23.2 Å². The highest BCUT2D eigenvalue weighted by atomic mass is 32.2. The summed E-state index contributed by atoms with van der Waals surface area (Å²) in [4.78, 5) is 23.4. The normalized spacial score (nSPS) is 11.6. The van der Waals surface area contributed by atoms with Gasteiger partial charge in [0, 0.05) is 25.4 Å². The molecule has 0 bridgehead atoms. The van der Waals surface area contributed by atoms with Crippen molar-refractivity contribution >= 4 is 21.5 Å². The minimum absolute atomic E-state index is 0.000157. The molecule has 10 nitrogen and oxygen atoms in total. The molecule has 0 saturated heterocycles. The predicted molar refractivity (Wildman–Crippen MR) is 112 cm³/mol. The number of hydrogen-bond acceptors (Lipinski definition) is 7. The molecule has 0 aliphatic rings. The van der Waals surface area contributed by atoms with E-state index in [-0.39, 0.29) is 40.5 Å². The lowest BCUT2D eigenvalue weighted by Crippen LogP contribution is -2.30. The highest BCUT2D eigenvalue weighted by Gasteiger charge is 2.27. The lowest BCUT2D eigenvalue weighted by Gasteiger charge is -2.18. The SMILES string of the molecule is CCN(CC)S(=O)(=O)c1ccc(-n2cc(C(=O)c3ccccc3O)cn2)c([N+](=O)[O-])c1. The molecule has 0 aliphatic carbocycles. The molecule has 11 heteroatoms. The van der Waals surface area contributed by atoms with Gasteiger partial charge in [0.05, 0.1) is 27.1 Å². The van der Waals surface area contributed by atoms with E-state index in [9.17, 15) is 28.4 Å². The molecule has 0 saturated carbocycles. The minimum atomic E-state index is -3.89. The van der Waals surface area contributed by atoms with E-state index < -0.39 is 26.4 Å². The zero-order chi connectivity index (χ0) is 22.8. The van der Waals surface area contributed by atoms with Crippen LogP contribution in [0.2, 0.25) is 0 Å². The monoisotopic (exact) mass is 444 g/mol. The van der Waals surface area contributed by atoms with Crippen LogP contribution in [0.4, 0.5) is 5.69 Å². The van der Waals surface area contributed by atoms with E-state index in [0.717, 1.165) is 10.7 Å². The van der Waals surface area contributed by atoms with Gasteiger partial charge in [0.2, 0.25) is 10.0 Å². The summed E-state index contributed by atoms with van der Waals surface area (Å²) in [6, 6.07) is 9.51. The van der Waals surface area contributed by atoms with Gasteiger partial charge in [0.15, 0.2) is 5.78 Å². The van der Waals surface area contributed by atoms with Crippen LogP contribution in [0.25, 0.3) is 5.69 Å². The molecule has 1 N–H and O–H groups in total. The Morgan fingerprint density at radius 1 is 1.19 bits per heavy atom. The third-order valence-corrected chi connectivity index (χ3v) is 6.77. The number of para-hydroxylation sites is 1. The standard InChI is InChI=1S/C20H20N4O6S/c1-3-22(4-2)31(29,30)15-9-10-17(18(11-15)24(27)28)23-13-14(12-21-23)20(26)16-7-5-6-8-19(16)25/h5-13,25H,3-4H2,1-2H3. The number of phenols is 1. The molecular formula is C20H20N4O6S. The number of phenolic OH excluding ortho intramolecular Hbond substituents is 1. The van der Waals surface area contributed by atoms with Gasteiger partial charge in [-0.15, -0.1) is 0 Å². The smallest absolute Gasteiger partial charge is 0.296 e. The van der Waals surface area contributed by atoms with Gasteiger partial charge in [-0.05, 0) is 24.3 Å². The highest BCUT2D eigenvalue weighted by Crippen LogP contribution is 2.28. The Bertz CT molecular complexity index is 1250. The van der Waals surface area contributed by atoms with Crippen molar-refractivity contribution in [1.29, 1.82) is 0 Å². The number of benzene rings is 2. The van der Waals surface area contributed by atoms with Crippen molar-refractivity contribution in [3.05, 3.63) is 76.1 Å². The van der Waals surface area contributed by atoms with E-state index in [1.54, 1.807) is 26.0 Å². The average molecular weight is 444 g/mol. The minimum Gasteiger partial charge on any atom is -0.507 e. The Labute approximate surface area is 178 Å². The Morgan fingerprint density at radius 2 is 1.87 bits per heavy atom. The Morgan fingerprint density at radius 3 is 2.48 bits per heavy atom. The maximum absolute atomic E-state index is 12.7. The number of sulfonamides is 1. The first-order valence-electron chi connectivity index (χ1n) is 9.37. The number of hydrogen-bond donors (Lipinski definition) is 1. The van der Waals surface area contributed by atoms with Gasteiger partial charge in [0.1, 0.15) is 11.4 Å². The Hall–Kier alpha value is -3.57. The van der Waals surface area contributed by atoms with Crippen LogP contribution in [0.1, 0.15) is 29.8 Å². The summed E-state index contributed by atoms with van der Waals surface area (Å²) in [5.41, 5.74) is -0.300. The zero-order valence-electron chi connectivity index (χ0n) is 16.8. The number of nitrogens with zero attached hydrogens (tertiary/aromatic N) is 4. The summed E-state index contributed by atoms with van der Waals surface area (Å²) in [6.45, 7) is 3.81. The van der Waals surface area contributed by atoms with E-state index >= 15 is 0 Å². The molecule has 3 rings (SSSR count). The molecule has 0 aliphatic heterocycles.